The third kappa shape index (κ3) is 3.48. The largest absolute Gasteiger partial charge is 0.480 e. The third-order valence-electron chi connectivity index (χ3n) is 4.63. The van der Waals surface area contributed by atoms with Crippen LogP contribution in [0.1, 0.15) is 32.6 Å². The molecule has 0 aliphatic carbocycles. The summed E-state index contributed by atoms with van der Waals surface area (Å²) in [6.45, 7) is 4.08. The Morgan fingerprint density at radius 2 is 1.76 bits per heavy atom. The molecule has 0 spiro atoms. The van der Waals surface area contributed by atoms with Gasteiger partial charge in [0.15, 0.2) is 0 Å². The molecule has 120 valence electrons. The van der Waals surface area contributed by atoms with Crippen LogP contribution in [0.4, 0.5) is 4.79 Å². The first-order chi connectivity index (χ1) is 9.91. The number of likely N-dealkylation sites (tertiary alicyclic amines) is 2. The standard InChI is InChI=1S/C15H27N3O3/c1-11-6-4-9-18(13(11)14(19)20)15(21)17-8-5-7-12(17)10-16(2)3/h11-13H,4-10H2,1-3H3,(H,19,20). The second kappa shape index (κ2) is 6.64. The highest BCUT2D eigenvalue weighted by molar-refractivity contribution is 5.83. The van der Waals surface area contributed by atoms with Crippen molar-refractivity contribution in [2.45, 2.75) is 44.7 Å². The van der Waals surface area contributed by atoms with E-state index in [2.05, 4.69) is 4.90 Å². The molecule has 1 N–H and O–H groups in total. The van der Waals surface area contributed by atoms with Gasteiger partial charge < -0.3 is 19.8 Å². The number of piperidine rings is 1. The van der Waals surface area contributed by atoms with Crippen LogP contribution in [0.3, 0.4) is 0 Å². The minimum atomic E-state index is -0.876. The van der Waals surface area contributed by atoms with Crippen LogP contribution < -0.4 is 0 Å². The van der Waals surface area contributed by atoms with E-state index in [0.29, 0.717) is 6.54 Å². The average Bonchev–Trinajstić information content (AvgIpc) is 2.84. The number of urea groups is 1. The van der Waals surface area contributed by atoms with Gasteiger partial charge in [0.2, 0.25) is 0 Å². The van der Waals surface area contributed by atoms with Crippen LogP contribution in [-0.2, 0) is 4.79 Å². The molecule has 21 heavy (non-hydrogen) atoms. The number of likely N-dealkylation sites (N-methyl/N-ethyl adjacent to an activating group) is 1. The van der Waals surface area contributed by atoms with Gasteiger partial charge in [-0.15, -0.1) is 0 Å². The zero-order valence-corrected chi connectivity index (χ0v) is 13.3. The van der Waals surface area contributed by atoms with Crippen molar-refractivity contribution in [1.29, 1.82) is 0 Å². The second-order valence-corrected chi connectivity index (χ2v) is 6.63. The van der Waals surface area contributed by atoms with Crippen LogP contribution in [0.2, 0.25) is 0 Å². The molecular weight excluding hydrogens is 270 g/mol. The molecule has 0 saturated carbocycles. The van der Waals surface area contributed by atoms with E-state index in [1.165, 1.54) is 0 Å². The van der Waals surface area contributed by atoms with Crippen molar-refractivity contribution < 1.29 is 14.7 Å². The van der Waals surface area contributed by atoms with Crippen LogP contribution in [0.15, 0.2) is 0 Å². The maximum absolute atomic E-state index is 12.8. The number of carboxylic acid groups (broad SMARTS) is 1. The van der Waals surface area contributed by atoms with Crippen molar-refractivity contribution in [2.75, 3.05) is 33.7 Å². The normalized spacial score (nSPS) is 30.0. The van der Waals surface area contributed by atoms with E-state index >= 15 is 0 Å². The highest BCUT2D eigenvalue weighted by Crippen LogP contribution is 2.27. The third-order valence-corrected chi connectivity index (χ3v) is 4.63. The molecule has 2 rings (SSSR count). The molecule has 6 nitrogen and oxygen atoms in total. The van der Waals surface area contributed by atoms with E-state index in [-0.39, 0.29) is 18.0 Å². The molecule has 0 aromatic rings. The maximum Gasteiger partial charge on any atom is 0.326 e. The zero-order chi connectivity index (χ0) is 15.6. The van der Waals surface area contributed by atoms with E-state index in [1.807, 2.05) is 25.9 Å². The predicted octanol–water partition coefficient (Wildman–Crippen LogP) is 1.32. The molecule has 0 aromatic heterocycles. The van der Waals surface area contributed by atoms with Crippen molar-refractivity contribution in [3.05, 3.63) is 0 Å². The van der Waals surface area contributed by atoms with Crippen LogP contribution in [0, 0.1) is 5.92 Å². The lowest BCUT2D eigenvalue weighted by molar-refractivity contribution is -0.145. The van der Waals surface area contributed by atoms with Crippen molar-refractivity contribution in [1.82, 2.24) is 14.7 Å². The number of carbonyl (C=O) groups is 2. The van der Waals surface area contributed by atoms with E-state index < -0.39 is 12.0 Å². The lowest BCUT2D eigenvalue weighted by atomic mass is 9.91. The Balaban J connectivity index is 2.11. The Labute approximate surface area is 126 Å². The van der Waals surface area contributed by atoms with Crippen molar-refractivity contribution in [2.24, 2.45) is 5.92 Å². The lowest BCUT2D eigenvalue weighted by Gasteiger charge is -2.40. The molecule has 2 heterocycles. The molecule has 2 aliphatic rings. The predicted molar refractivity (Wildman–Crippen MR) is 80.2 cm³/mol. The van der Waals surface area contributed by atoms with Crippen molar-refractivity contribution in [3.8, 4) is 0 Å². The summed E-state index contributed by atoms with van der Waals surface area (Å²) in [6, 6.07) is -0.552. The Bertz CT molecular complexity index is 400. The summed E-state index contributed by atoms with van der Waals surface area (Å²) in [7, 11) is 4.01. The van der Waals surface area contributed by atoms with Gasteiger partial charge in [0, 0.05) is 25.7 Å². The molecule has 0 radical (unpaired) electrons. The minimum absolute atomic E-state index is 0.0232. The number of nitrogens with zero attached hydrogens (tertiary/aromatic N) is 3. The molecule has 0 bridgehead atoms. The van der Waals surface area contributed by atoms with Gasteiger partial charge in [-0.05, 0) is 45.7 Å². The van der Waals surface area contributed by atoms with Gasteiger partial charge in [-0.25, -0.2) is 9.59 Å². The first-order valence-corrected chi connectivity index (χ1v) is 7.86. The molecule has 3 atom stereocenters. The van der Waals surface area contributed by atoms with Crippen LogP contribution in [0.25, 0.3) is 0 Å². The van der Waals surface area contributed by atoms with Crippen molar-refractivity contribution in [3.63, 3.8) is 0 Å². The van der Waals surface area contributed by atoms with Gasteiger partial charge in [-0.1, -0.05) is 6.92 Å². The Hall–Kier alpha value is -1.30. The van der Waals surface area contributed by atoms with Crippen LogP contribution in [0.5, 0.6) is 0 Å². The fourth-order valence-corrected chi connectivity index (χ4v) is 3.64. The molecule has 2 fully saturated rings. The number of hydrogen-bond acceptors (Lipinski definition) is 3. The van der Waals surface area contributed by atoms with E-state index in [1.54, 1.807) is 4.90 Å². The SMILES string of the molecule is CC1CCCN(C(=O)N2CCCC2CN(C)C)C1C(=O)O. The molecule has 3 unspecified atom stereocenters. The summed E-state index contributed by atoms with van der Waals surface area (Å²) in [4.78, 5) is 29.9. The van der Waals surface area contributed by atoms with E-state index in [9.17, 15) is 14.7 Å². The lowest BCUT2D eigenvalue weighted by Crippen LogP contribution is -2.57. The monoisotopic (exact) mass is 297 g/mol. The van der Waals surface area contributed by atoms with Gasteiger partial charge >= 0.3 is 12.0 Å². The summed E-state index contributed by atoms with van der Waals surface area (Å²) in [5.41, 5.74) is 0. The number of hydrogen-bond donors (Lipinski definition) is 1. The highest BCUT2D eigenvalue weighted by atomic mass is 16.4. The van der Waals surface area contributed by atoms with E-state index in [4.69, 9.17) is 0 Å². The van der Waals surface area contributed by atoms with Gasteiger partial charge in [-0.3, -0.25) is 0 Å². The van der Waals surface area contributed by atoms with Crippen LogP contribution >= 0.6 is 0 Å². The van der Waals surface area contributed by atoms with Gasteiger partial charge in [0.05, 0.1) is 0 Å². The molecule has 2 saturated heterocycles. The number of aliphatic carboxylic acids is 1. The number of carboxylic acids is 1. The fourth-order valence-electron chi connectivity index (χ4n) is 3.64. The quantitative estimate of drug-likeness (QED) is 0.853. The summed E-state index contributed by atoms with van der Waals surface area (Å²) in [5, 5.41) is 9.46. The number of rotatable bonds is 3. The molecule has 0 aromatic carbocycles. The number of carbonyl (C=O) groups excluding carboxylic acids is 1. The molecule has 2 amide bonds. The Morgan fingerprint density at radius 1 is 1.14 bits per heavy atom. The zero-order valence-electron chi connectivity index (χ0n) is 13.3. The molecule has 6 heteroatoms. The van der Waals surface area contributed by atoms with Gasteiger partial charge in [0.25, 0.3) is 0 Å². The van der Waals surface area contributed by atoms with Gasteiger partial charge in [0.1, 0.15) is 6.04 Å². The Kier molecular flexibility index (Phi) is 5.08. The molecular formula is C15H27N3O3. The average molecular weight is 297 g/mol. The maximum atomic E-state index is 12.8. The highest BCUT2D eigenvalue weighted by Gasteiger charge is 2.41. The van der Waals surface area contributed by atoms with Gasteiger partial charge in [-0.2, -0.15) is 0 Å². The second-order valence-electron chi connectivity index (χ2n) is 6.63. The summed E-state index contributed by atoms with van der Waals surface area (Å²) >= 11 is 0. The Morgan fingerprint density at radius 3 is 2.38 bits per heavy atom. The fraction of sp³-hybridized carbons (Fsp3) is 0.867. The number of amides is 2. The topological polar surface area (TPSA) is 64.1 Å². The summed E-state index contributed by atoms with van der Waals surface area (Å²) in [6.07, 6.45) is 3.78. The summed E-state index contributed by atoms with van der Waals surface area (Å²) in [5.74, 6) is -0.853. The first kappa shape index (κ1) is 16.1. The van der Waals surface area contributed by atoms with E-state index in [0.717, 1.165) is 38.8 Å². The summed E-state index contributed by atoms with van der Waals surface area (Å²) < 4.78 is 0. The smallest absolute Gasteiger partial charge is 0.326 e. The molecule has 2 aliphatic heterocycles. The minimum Gasteiger partial charge on any atom is -0.480 e. The first-order valence-electron chi connectivity index (χ1n) is 7.86. The van der Waals surface area contributed by atoms with Crippen molar-refractivity contribution >= 4 is 12.0 Å². The van der Waals surface area contributed by atoms with Crippen LogP contribution in [-0.4, -0.2) is 77.6 Å².